The first-order valence-electron chi connectivity index (χ1n) is 11.2. The molecule has 2 aliphatic rings. The van der Waals surface area contributed by atoms with Crippen molar-refractivity contribution in [2.75, 3.05) is 6.61 Å². The lowest BCUT2D eigenvalue weighted by Crippen LogP contribution is -2.17. The number of benzene rings is 1. The number of hydrogen-bond acceptors (Lipinski definition) is 2. The summed E-state index contributed by atoms with van der Waals surface area (Å²) in [5.74, 6) is 0.958. The predicted octanol–water partition coefficient (Wildman–Crippen LogP) is 7.42. The van der Waals surface area contributed by atoms with Crippen LogP contribution in [0.3, 0.4) is 0 Å². The Kier molecular flexibility index (Phi) is 8.14. The summed E-state index contributed by atoms with van der Waals surface area (Å²) in [6.07, 6.45) is 20.1. The van der Waals surface area contributed by atoms with Crippen LogP contribution >= 0.6 is 0 Å². The molecule has 3 rings (SSSR count). The quantitative estimate of drug-likeness (QED) is 0.354. The van der Waals surface area contributed by atoms with Crippen LogP contribution in [0.25, 0.3) is 6.08 Å². The predicted molar refractivity (Wildman–Crippen MR) is 117 cm³/mol. The first-order valence-corrected chi connectivity index (χ1v) is 11.2. The van der Waals surface area contributed by atoms with Crippen molar-refractivity contribution in [2.45, 2.75) is 77.6 Å². The zero-order chi connectivity index (χ0) is 19.6. The Labute approximate surface area is 170 Å². The molecule has 0 bridgehead atoms. The van der Waals surface area contributed by atoms with E-state index in [9.17, 15) is 4.79 Å². The molecule has 0 N–H and O–H groups in total. The topological polar surface area (TPSA) is 26.3 Å². The van der Waals surface area contributed by atoms with E-state index in [0.717, 1.165) is 40.9 Å². The van der Waals surface area contributed by atoms with Crippen LogP contribution in [0.2, 0.25) is 0 Å². The Bertz CT molecular complexity index is 751. The fraction of sp³-hybridized carbons (Fsp3) is 0.500. The normalized spacial score (nSPS) is 15.3. The molecule has 0 amide bonds. The molecule has 28 heavy (non-hydrogen) atoms. The van der Waals surface area contributed by atoms with E-state index in [-0.39, 0.29) is 5.78 Å². The monoisotopic (exact) mass is 378 g/mol. The maximum absolute atomic E-state index is 13.0. The van der Waals surface area contributed by atoms with Crippen molar-refractivity contribution >= 4 is 11.9 Å². The molecule has 2 aliphatic carbocycles. The van der Waals surface area contributed by atoms with E-state index in [1.165, 1.54) is 57.8 Å². The van der Waals surface area contributed by atoms with Crippen LogP contribution < -0.4 is 0 Å². The Morgan fingerprint density at radius 3 is 2.32 bits per heavy atom. The van der Waals surface area contributed by atoms with E-state index in [0.29, 0.717) is 6.61 Å². The van der Waals surface area contributed by atoms with Gasteiger partial charge in [-0.2, -0.15) is 0 Å². The summed E-state index contributed by atoms with van der Waals surface area (Å²) in [6, 6.07) is 7.83. The van der Waals surface area contributed by atoms with Gasteiger partial charge in [-0.05, 0) is 23.6 Å². The lowest BCUT2D eigenvalue weighted by molar-refractivity contribution is 0.102. The lowest BCUT2D eigenvalue weighted by Gasteiger charge is -2.23. The van der Waals surface area contributed by atoms with Gasteiger partial charge in [-0.3, -0.25) is 4.79 Å². The zero-order valence-corrected chi connectivity index (χ0v) is 17.3. The minimum atomic E-state index is 0.107. The molecule has 0 heterocycles. The number of Topliss-reactive ketones (excluding diaryl/α,β-unsaturated/α-hetero) is 1. The second-order valence-corrected chi connectivity index (χ2v) is 7.95. The van der Waals surface area contributed by atoms with Crippen molar-refractivity contribution in [1.29, 1.82) is 0 Å². The van der Waals surface area contributed by atoms with Gasteiger partial charge in [0.15, 0.2) is 5.78 Å². The van der Waals surface area contributed by atoms with E-state index in [1.807, 2.05) is 24.3 Å². The van der Waals surface area contributed by atoms with Gasteiger partial charge in [-0.1, -0.05) is 101 Å². The molecule has 1 aromatic carbocycles. The number of fused-ring (bicyclic) bond motifs is 2. The second kappa shape index (κ2) is 11.0. The highest BCUT2D eigenvalue weighted by molar-refractivity contribution is 6.17. The molecule has 0 aliphatic heterocycles. The first-order chi connectivity index (χ1) is 13.8. The van der Waals surface area contributed by atoms with Crippen molar-refractivity contribution in [3.63, 3.8) is 0 Å². The maximum Gasteiger partial charge on any atom is 0.197 e. The molecule has 0 saturated carbocycles. The van der Waals surface area contributed by atoms with Crippen molar-refractivity contribution in [3.05, 3.63) is 64.4 Å². The molecule has 0 spiro atoms. The van der Waals surface area contributed by atoms with Gasteiger partial charge in [0.25, 0.3) is 0 Å². The van der Waals surface area contributed by atoms with E-state index < -0.39 is 0 Å². The number of carbonyl (C=O) groups excluding carboxylic acids is 1. The summed E-state index contributed by atoms with van der Waals surface area (Å²) in [7, 11) is 0. The van der Waals surface area contributed by atoms with E-state index in [2.05, 4.69) is 25.2 Å². The SMILES string of the molecule is CCCCCCCCCCCCOC1=C2C(=O)c3ccccc3C=C2C=CC1. The van der Waals surface area contributed by atoms with Crippen LogP contribution in [0.5, 0.6) is 0 Å². The fourth-order valence-corrected chi connectivity index (χ4v) is 4.07. The fourth-order valence-electron chi connectivity index (χ4n) is 4.07. The van der Waals surface area contributed by atoms with Gasteiger partial charge in [-0.25, -0.2) is 0 Å². The molecule has 1 aromatic rings. The Morgan fingerprint density at radius 2 is 1.57 bits per heavy atom. The highest BCUT2D eigenvalue weighted by Crippen LogP contribution is 2.35. The minimum Gasteiger partial charge on any atom is -0.497 e. The van der Waals surface area contributed by atoms with Gasteiger partial charge in [0.05, 0.1) is 12.2 Å². The van der Waals surface area contributed by atoms with Crippen LogP contribution in [0.15, 0.2) is 53.3 Å². The first kappa shape index (κ1) is 20.6. The van der Waals surface area contributed by atoms with E-state index in [4.69, 9.17) is 4.74 Å². The number of carbonyl (C=O) groups is 1. The van der Waals surface area contributed by atoms with Gasteiger partial charge >= 0.3 is 0 Å². The van der Waals surface area contributed by atoms with Gasteiger partial charge in [0.2, 0.25) is 0 Å². The van der Waals surface area contributed by atoms with Crippen LogP contribution in [-0.2, 0) is 4.74 Å². The van der Waals surface area contributed by atoms with E-state index >= 15 is 0 Å². The molecule has 0 atom stereocenters. The van der Waals surface area contributed by atoms with Crippen molar-refractivity contribution in [1.82, 2.24) is 0 Å². The number of rotatable bonds is 12. The maximum atomic E-state index is 13.0. The van der Waals surface area contributed by atoms with Crippen molar-refractivity contribution in [2.24, 2.45) is 0 Å². The summed E-state index contributed by atoms with van der Waals surface area (Å²) in [6.45, 7) is 2.98. The van der Waals surface area contributed by atoms with Crippen LogP contribution in [0.4, 0.5) is 0 Å². The summed E-state index contributed by atoms with van der Waals surface area (Å²) in [5, 5.41) is 0. The average molecular weight is 379 g/mol. The standard InChI is InChI=1S/C26H34O2/c1-2-3-4-5-6-7-8-9-10-13-19-28-24-18-14-16-22-20-21-15-11-12-17-23(21)26(27)25(22)24/h11-12,14-17,20H,2-10,13,18-19H2,1H3. The summed E-state index contributed by atoms with van der Waals surface area (Å²) in [4.78, 5) is 13.0. The second-order valence-electron chi connectivity index (χ2n) is 7.95. The number of ketones is 1. The molecule has 2 heteroatoms. The minimum absolute atomic E-state index is 0.107. The molecule has 2 nitrogen and oxygen atoms in total. The average Bonchev–Trinajstić information content (AvgIpc) is 2.72. The Balaban J connectivity index is 1.41. The highest BCUT2D eigenvalue weighted by atomic mass is 16.5. The molecule has 0 fully saturated rings. The number of allylic oxidation sites excluding steroid dienone is 4. The van der Waals surface area contributed by atoms with Gasteiger partial charge < -0.3 is 4.74 Å². The third-order valence-electron chi connectivity index (χ3n) is 5.69. The molecular formula is C26H34O2. The smallest absolute Gasteiger partial charge is 0.197 e. The summed E-state index contributed by atoms with van der Waals surface area (Å²) in [5.41, 5.74) is 3.56. The molecular weight excluding hydrogens is 344 g/mol. The summed E-state index contributed by atoms with van der Waals surface area (Å²) >= 11 is 0. The molecule has 150 valence electrons. The molecule has 0 radical (unpaired) electrons. The molecule has 0 saturated heterocycles. The van der Waals surface area contributed by atoms with Crippen LogP contribution in [0, 0.1) is 0 Å². The van der Waals surface area contributed by atoms with Gasteiger partial charge in [0, 0.05) is 12.0 Å². The third kappa shape index (κ3) is 5.47. The molecule has 0 unspecified atom stereocenters. The molecule has 0 aromatic heterocycles. The third-order valence-corrected chi connectivity index (χ3v) is 5.69. The lowest BCUT2D eigenvalue weighted by atomic mass is 9.83. The van der Waals surface area contributed by atoms with E-state index in [1.54, 1.807) is 0 Å². The Morgan fingerprint density at radius 1 is 0.893 bits per heavy atom. The number of hydrogen-bond donors (Lipinski definition) is 0. The summed E-state index contributed by atoms with van der Waals surface area (Å²) < 4.78 is 6.08. The van der Waals surface area contributed by atoms with Gasteiger partial charge in [-0.15, -0.1) is 0 Å². The highest BCUT2D eigenvalue weighted by Gasteiger charge is 2.28. The number of unbranched alkanes of at least 4 members (excludes halogenated alkanes) is 9. The van der Waals surface area contributed by atoms with Gasteiger partial charge in [0.1, 0.15) is 5.76 Å². The largest absolute Gasteiger partial charge is 0.497 e. The van der Waals surface area contributed by atoms with Crippen molar-refractivity contribution < 1.29 is 9.53 Å². The van der Waals surface area contributed by atoms with Crippen LogP contribution in [0.1, 0.15) is 93.5 Å². The van der Waals surface area contributed by atoms with Crippen molar-refractivity contribution in [3.8, 4) is 0 Å². The Hall–Kier alpha value is -2.09. The number of ether oxygens (including phenoxy) is 1. The zero-order valence-electron chi connectivity index (χ0n) is 17.3. The van der Waals surface area contributed by atoms with Crippen LogP contribution in [-0.4, -0.2) is 12.4 Å².